The van der Waals surface area contributed by atoms with Gasteiger partial charge in [0.05, 0.1) is 7.49 Å². The van der Waals surface area contributed by atoms with Crippen LogP contribution in [-0.4, -0.2) is 29.5 Å². The van der Waals surface area contributed by atoms with Crippen molar-refractivity contribution in [2.75, 3.05) is 6.56 Å². The SMILES string of the molecule is [2H]C([2H])(O[Si](C)(C)C(C)(C)C)C1(C)CC(=NS(=O)C(C)(C)C)C1. The molecule has 1 atom stereocenters. The fraction of sp³-hybridized carbons (Fsp3) is 0.938. The average Bonchev–Trinajstić information content (AvgIpc) is 2.21. The first-order chi connectivity index (χ1) is 9.91. The van der Waals surface area contributed by atoms with Gasteiger partial charge in [0.25, 0.3) is 0 Å². The summed E-state index contributed by atoms with van der Waals surface area (Å²) >= 11 is 0. The third-order valence-corrected chi connectivity index (χ3v) is 9.98. The Morgan fingerprint density at radius 1 is 1.29 bits per heavy atom. The fourth-order valence-corrected chi connectivity index (χ4v) is 3.09. The van der Waals surface area contributed by atoms with E-state index < -0.39 is 31.3 Å². The molecule has 124 valence electrons. The second kappa shape index (κ2) is 5.89. The maximum Gasteiger partial charge on any atom is 0.192 e. The Bertz CT molecular complexity index is 511. The molecule has 1 unspecified atom stereocenters. The molecule has 0 radical (unpaired) electrons. The van der Waals surface area contributed by atoms with Crippen LogP contribution in [0.4, 0.5) is 0 Å². The van der Waals surface area contributed by atoms with E-state index in [1.165, 1.54) is 0 Å². The third-order valence-electron chi connectivity index (χ3n) is 4.28. The highest BCUT2D eigenvalue weighted by Gasteiger charge is 2.43. The van der Waals surface area contributed by atoms with Gasteiger partial charge in [-0.1, -0.05) is 27.7 Å². The molecule has 0 aromatic heterocycles. The zero-order valence-corrected chi connectivity index (χ0v) is 16.9. The van der Waals surface area contributed by atoms with Crippen LogP contribution < -0.4 is 0 Å². The molecule has 0 saturated heterocycles. The summed E-state index contributed by atoms with van der Waals surface area (Å²) in [5.74, 6) is 0. The van der Waals surface area contributed by atoms with Crippen LogP contribution >= 0.6 is 0 Å². The summed E-state index contributed by atoms with van der Waals surface area (Å²) in [5.41, 5.74) is 0.243. The number of rotatable bonds is 4. The van der Waals surface area contributed by atoms with Crippen molar-refractivity contribution < 1.29 is 11.4 Å². The van der Waals surface area contributed by atoms with Gasteiger partial charge in [0.1, 0.15) is 11.0 Å². The van der Waals surface area contributed by atoms with Gasteiger partial charge in [0.2, 0.25) is 0 Å². The second-order valence-corrected chi connectivity index (χ2v) is 15.5. The van der Waals surface area contributed by atoms with Gasteiger partial charge in [0, 0.05) is 17.7 Å². The molecule has 1 saturated carbocycles. The lowest BCUT2D eigenvalue weighted by Gasteiger charge is -2.44. The summed E-state index contributed by atoms with van der Waals surface area (Å²) in [6.07, 6.45) is 1.02. The minimum absolute atomic E-state index is 0.0366. The molecule has 3 nitrogen and oxygen atoms in total. The molecule has 0 aromatic rings. The highest BCUT2D eigenvalue weighted by Crippen LogP contribution is 2.43. The van der Waals surface area contributed by atoms with Gasteiger partial charge in [-0.2, -0.15) is 4.40 Å². The van der Waals surface area contributed by atoms with Crippen LogP contribution in [0.25, 0.3) is 0 Å². The first-order valence-corrected chi connectivity index (χ1v) is 11.6. The van der Waals surface area contributed by atoms with E-state index in [0.717, 1.165) is 5.71 Å². The lowest BCUT2D eigenvalue weighted by atomic mass is 9.70. The van der Waals surface area contributed by atoms with Crippen molar-refractivity contribution in [1.29, 1.82) is 0 Å². The zero-order chi connectivity index (χ0) is 18.5. The molecule has 0 amide bonds. The van der Waals surface area contributed by atoms with E-state index in [1.807, 2.05) is 27.7 Å². The summed E-state index contributed by atoms with van der Waals surface area (Å²) in [7, 11) is -3.47. The van der Waals surface area contributed by atoms with Crippen molar-refractivity contribution >= 4 is 25.0 Å². The van der Waals surface area contributed by atoms with Gasteiger partial charge in [-0.3, -0.25) is 0 Å². The number of nitrogens with zero attached hydrogens (tertiary/aromatic N) is 1. The lowest BCUT2D eigenvalue weighted by Crippen LogP contribution is -2.47. The number of hydrogen-bond acceptors (Lipinski definition) is 2. The Morgan fingerprint density at radius 3 is 2.14 bits per heavy atom. The molecule has 0 heterocycles. The molecule has 1 aliphatic carbocycles. The molecule has 0 aromatic carbocycles. The molecule has 21 heavy (non-hydrogen) atoms. The summed E-state index contributed by atoms with van der Waals surface area (Å²) in [4.78, 5) is 0. The Labute approximate surface area is 137 Å². The Morgan fingerprint density at radius 2 is 1.76 bits per heavy atom. The first kappa shape index (κ1) is 15.9. The van der Waals surface area contributed by atoms with Crippen LogP contribution in [0.2, 0.25) is 18.1 Å². The van der Waals surface area contributed by atoms with Crippen molar-refractivity contribution in [3.8, 4) is 0 Å². The van der Waals surface area contributed by atoms with Gasteiger partial charge in [0.15, 0.2) is 8.32 Å². The molecule has 0 aliphatic heterocycles. The van der Waals surface area contributed by atoms with Crippen molar-refractivity contribution in [3.63, 3.8) is 0 Å². The minimum atomic E-state index is -2.19. The molecule has 0 spiro atoms. The predicted molar refractivity (Wildman–Crippen MR) is 95.8 cm³/mol. The predicted octanol–water partition coefficient (Wildman–Crippen LogP) is 4.71. The van der Waals surface area contributed by atoms with E-state index in [4.69, 9.17) is 7.17 Å². The van der Waals surface area contributed by atoms with Crippen molar-refractivity contribution in [3.05, 3.63) is 0 Å². The quantitative estimate of drug-likeness (QED) is 0.699. The highest BCUT2D eigenvalue weighted by atomic mass is 32.2. The average molecular weight is 334 g/mol. The van der Waals surface area contributed by atoms with Gasteiger partial charge >= 0.3 is 0 Å². The van der Waals surface area contributed by atoms with E-state index in [1.54, 1.807) is 0 Å². The van der Waals surface area contributed by atoms with Gasteiger partial charge in [-0.25, -0.2) is 4.21 Å². The monoisotopic (exact) mass is 333 g/mol. The fourth-order valence-electron chi connectivity index (χ4n) is 1.64. The largest absolute Gasteiger partial charge is 0.416 e. The Kier molecular flexibility index (Phi) is 4.45. The van der Waals surface area contributed by atoms with Crippen molar-refractivity contribution in [1.82, 2.24) is 0 Å². The van der Waals surface area contributed by atoms with E-state index >= 15 is 0 Å². The van der Waals surface area contributed by atoms with Crippen LogP contribution in [0.3, 0.4) is 0 Å². The van der Waals surface area contributed by atoms with Gasteiger partial charge < -0.3 is 4.43 Å². The second-order valence-electron chi connectivity index (χ2n) is 8.90. The van der Waals surface area contributed by atoms with E-state index in [2.05, 4.69) is 38.3 Å². The molecule has 1 fully saturated rings. The molecular weight excluding hydrogens is 298 g/mol. The molecule has 0 bridgehead atoms. The zero-order valence-electron chi connectivity index (χ0n) is 17.1. The maximum absolute atomic E-state index is 12.1. The summed E-state index contributed by atoms with van der Waals surface area (Å²) < 4.78 is 39.0. The van der Waals surface area contributed by atoms with Crippen molar-refractivity contribution in [2.24, 2.45) is 9.81 Å². The normalized spacial score (nSPS) is 27.6. The summed E-state index contributed by atoms with van der Waals surface area (Å²) in [5, 5.41) is -0.0366. The lowest BCUT2D eigenvalue weighted by molar-refractivity contribution is 0.138. The summed E-state index contributed by atoms with van der Waals surface area (Å²) in [6, 6.07) is 0. The van der Waals surface area contributed by atoms with Gasteiger partial charge in [-0.05, 0) is 51.7 Å². The van der Waals surface area contributed by atoms with Crippen LogP contribution in [0, 0.1) is 5.41 Å². The van der Waals surface area contributed by atoms with Crippen LogP contribution in [0.5, 0.6) is 0 Å². The molecular formula is C16H33NO2SSi. The van der Waals surface area contributed by atoms with Gasteiger partial charge in [-0.15, -0.1) is 0 Å². The minimum Gasteiger partial charge on any atom is -0.416 e. The Hall–Kier alpha value is -0.00312. The maximum atomic E-state index is 12.1. The van der Waals surface area contributed by atoms with E-state index in [9.17, 15) is 4.21 Å². The van der Waals surface area contributed by atoms with Crippen LogP contribution in [0.1, 0.15) is 64.0 Å². The Balaban J connectivity index is 2.85. The van der Waals surface area contributed by atoms with E-state index in [-0.39, 0.29) is 9.79 Å². The smallest absolute Gasteiger partial charge is 0.192 e. The molecule has 0 N–H and O–H groups in total. The van der Waals surface area contributed by atoms with Crippen LogP contribution in [-0.2, 0) is 15.4 Å². The summed E-state index contributed by atoms with van der Waals surface area (Å²) in [6.45, 7) is 16.3. The molecule has 5 heteroatoms. The standard InChI is InChI=1S/C16H33NO2SSi/c1-14(2,3)20(18)17-13-10-16(7,11-13)12-19-21(8,9)15(4,5)6/h10-12H2,1-9H3/i12D2. The van der Waals surface area contributed by atoms with Crippen molar-refractivity contribution in [2.45, 2.75) is 84.2 Å². The molecule has 1 rings (SSSR count). The third kappa shape index (κ3) is 5.00. The first-order valence-electron chi connectivity index (χ1n) is 8.60. The van der Waals surface area contributed by atoms with E-state index in [0.29, 0.717) is 12.8 Å². The topological polar surface area (TPSA) is 38.7 Å². The number of hydrogen-bond donors (Lipinski definition) is 0. The molecule has 1 aliphatic rings. The van der Waals surface area contributed by atoms with Crippen LogP contribution in [0.15, 0.2) is 4.40 Å². The highest BCUT2D eigenvalue weighted by molar-refractivity contribution is 7.85.